The summed E-state index contributed by atoms with van der Waals surface area (Å²) >= 11 is 1.62. The van der Waals surface area contributed by atoms with Gasteiger partial charge in [0, 0.05) is 24.9 Å². The maximum Gasteiger partial charge on any atom is 0.237 e. The van der Waals surface area contributed by atoms with Crippen molar-refractivity contribution in [2.75, 3.05) is 13.1 Å². The molecule has 1 aliphatic heterocycles. The summed E-state index contributed by atoms with van der Waals surface area (Å²) in [5.41, 5.74) is 1.02. The molecule has 2 rings (SSSR count). The van der Waals surface area contributed by atoms with E-state index in [1.165, 1.54) is 0 Å². The van der Waals surface area contributed by atoms with E-state index in [-0.39, 0.29) is 36.8 Å². The summed E-state index contributed by atoms with van der Waals surface area (Å²) in [6.07, 6.45) is 0.861. The standard InChI is InChI=1S/C11H17N3O2S.2ClH/c1-7-14-8(6-17-7)2-3-12-11(16)10-4-9(15)5-13-10;;/h6,9-10,13,15H,2-5H2,1H3,(H,12,16);2*1H. The molecule has 1 amide bonds. The third-order valence-corrected chi connectivity index (χ3v) is 3.59. The lowest BCUT2D eigenvalue weighted by atomic mass is 10.2. The molecule has 0 aromatic carbocycles. The summed E-state index contributed by atoms with van der Waals surface area (Å²) in [5.74, 6) is -0.0338. The van der Waals surface area contributed by atoms with Crippen LogP contribution >= 0.6 is 36.2 Å². The average molecular weight is 328 g/mol. The van der Waals surface area contributed by atoms with Gasteiger partial charge in [0.05, 0.1) is 22.8 Å². The Morgan fingerprint density at radius 2 is 2.37 bits per heavy atom. The van der Waals surface area contributed by atoms with E-state index in [1.807, 2.05) is 12.3 Å². The van der Waals surface area contributed by atoms with Crippen molar-refractivity contribution < 1.29 is 9.90 Å². The maximum absolute atomic E-state index is 11.7. The van der Waals surface area contributed by atoms with E-state index in [1.54, 1.807) is 11.3 Å². The first kappa shape index (κ1) is 18.6. The molecular weight excluding hydrogens is 309 g/mol. The molecule has 110 valence electrons. The average Bonchev–Trinajstić information content (AvgIpc) is 2.88. The predicted octanol–water partition coefficient (Wildman–Crippen LogP) is 0.677. The fraction of sp³-hybridized carbons (Fsp3) is 0.636. The Morgan fingerprint density at radius 3 is 2.89 bits per heavy atom. The largest absolute Gasteiger partial charge is 0.392 e. The predicted molar refractivity (Wildman–Crippen MR) is 80.5 cm³/mol. The van der Waals surface area contributed by atoms with Crippen LogP contribution in [-0.2, 0) is 11.2 Å². The number of nitrogens with one attached hydrogen (secondary N) is 2. The first-order valence-electron chi connectivity index (χ1n) is 5.75. The number of amides is 1. The summed E-state index contributed by atoms with van der Waals surface area (Å²) in [6, 6.07) is -0.248. The summed E-state index contributed by atoms with van der Waals surface area (Å²) < 4.78 is 0. The van der Waals surface area contributed by atoms with E-state index < -0.39 is 6.10 Å². The zero-order valence-electron chi connectivity index (χ0n) is 10.6. The highest BCUT2D eigenvalue weighted by Gasteiger charge is 2.27. The van der Waals surface area contributed by atoms with Gasteiger partial charge in [-0.2, -0.15) is 0 Å². The number of halogens is 2. The number of carbonyl (C=O) groups excluding carboxylic acids is 1. The molecule has 1 aliphatic rings. The molecule has 1 saturated heterocycles. The van der Waals surface area contributed by atoms with Gasteiger partial charge in [-0.05, 0) is 13.3 Å². The highest BCUT2D eigenvalue weighted by molar-refractivity contribution is 7.09. The van der Waals surface area contributed by atoms with Gasteiger partial charge in [-0.25, -0.2) is 4.98 Å². The minimum atomic E-state index is -0.396. The molecule has 0 bridgehead atoms. The van der Waals surface area contributed by atoms with Gasteiger partial charge in [0.1, 0.15) is 0 Å². The quantitative estimate of drug-likeness (QED) is 0.760. The lowest BCUT2D eigenvalue weighted by molar-refractivity contribution is -0.122. The Morgan fingerprint density at radius 1 is 1.63 bits per heavy atom. The van der Waals surface area contributed by atoms with E-state index in [4.69, 9.17) is 0 Å². The molecule has 0 radical (unpaired) electrons. The molecule has 8 heteroatoms. The van der Waals surface area contributed by atoms with Crippen LogP contribution in [0.2, 0.25) is 0 Å². The number of carbonyl (C=O) groups is 1. The highest BCUT2D eigenvalue weighted by Crippen LogP contribution is 2.08. The molecule has 0 saturated carbocycles. The minimum absolute atomic E-state index is 0. The van der Waals surface area contributed by atoms with Crippen LogP contribution in [0.15, 0.2) is 5.38 Å². The number of aryl methyl sites for hydroxylation is 1. The smallest absolute Gasteiger partial charge is 0.237 e. The van der Waals surface area contributed by atoms with Gasteiger partial charge >= 0.3 is 0 Å². The number of hydrogen-bond donors (Lipinski definition) is 3. The Hall–Kier alpha value is -0.400. The van der Waals surface area contributed by atoms with Crippen LogP contribution < -0.4 is 10.6 Å². The van der Waals surface area contributed by atoms with E-state index >= 15 is 0 Å². The molecule has 2 atom stereocenters. The summed E-state index contributed by atoms with van der Waals surface area (Å²) in [6.45, 7) is 3.07. The molecule has 19 heavy (non-hydrogen) atoms. The zero-order chi connectivity index (χ0) is 12.3. The Kier molecular flexibility index (Phi) is 8.52. The topological polar surface area (TPSA) is 74.2 Å². The van der Waals surface area contributed by atoms with Crippen LogP contribution in [0, 0.1) is 6.92 Å². The van der Waals surface area contributed by atoms with Crippen LogP contribution in [0.1, 0.15) is 17.1 Å². The van der Waals surface area contributed by atoms with Crippen molar-refractivity contribution >= 4 is 42.1 Å². The van der Waals surface area contributed by atoms with Gasteiger partial charge in [-0.3, -0.25) is 4.79 Å². The molecule has 0 spiro atoms. The number of aliphatic hydroxyl groups excluding tert-OH is 1. The number of aliphatic hydroxyl groups is 1. The van der Waals surface area contributed by atoms with Crippen molar-refractivity contribution in [2.45, 2.75) is 31.9 Å². The minimum Gasteiger partial charge on any atom is -0.392 e. The zero-order valence-corrected chi connectivity index (χ0v) is 13.0. The SMILES string of the molecule is Cc1nc(CCNC(=O)C2CC(O)CN2)cs1.Cl.Cl. The normalized spacial score (nSPS) is 21.4. The summed E-state index contributed by atoms with van der Waals surface area (Å²) in [5, 5.41) is 18.2. The number of aromatic nitrogens is 1. The van der Waals surface area contributed by atoms with Crippen LogP contribution in [0.5, 0.6) is 0 Å². The van der Waals surface area contributed by atoms with Crippen molar-refractivity contribution in [1.82, 2.24) is 15.6 Å². The Labute approximate surface area is 129 Å². The molecule has 5 nitrogen and oxygen atoms in total. The van der Waals surface area contributed by atoms with Crippen molar-refractivity contribution in [2.24, 2.45) is 0 Å². The van der Waals surface area contributed by atoms with Gasteiger partial charge in [0.25, 0.3) is 0 Å². The third-order valence-electron chi connectivity index (χ3n) is 2.77. The lowest BCUT2D eigenvalue weighted by Crippen LogP contribution is -2.41. The fourth-order valence-corrected chi connectivity index (χ4v) is 2.52. The summed E-state index contributed by atoms with van der Waals surface area (Å²) in [4.78, 5) is 16.0. The third kappa shape index (κ3) is 5.62. The monoisotopic (exact) mass is 327 g/mol. The maximum atomic E-state index is 11.7. The van der Waals surface area contributed by atoms with Crippen LogP contribution in [0.25, 0.3) is 0 Å². The first-order valence-corrected chi connectivity index (χ1v) is 6.63. The van der Waals surface area contributed by atoms with Gasteiger partial charge in [-0.15, -0.1) is 36.2 Å². The summed E-state index contributed by atoms with van der Waals surface area (Å²) in [7, 11) is 0. The molecule has 2 unspecified atom stereocenters. The number of β-amino-alcohol motifs (C(OH)–C–C–N with tert-alkyl or cyclic N) is 1. The number of nitrogens with zero attached hydrogens (tertiary/aromatic N) is 1. The highest BCUT2D eigenvalue weighted by atomic mass is 35.5. The molecule has 1 aromatic rings. The van der Waals surface area contributed by atoms with Crippen molar-refractivity contribution in [3.8, 4) is 0 Å². The Balaban J connectivity index is 0.00000162. The molecular formula is C11H19Cl2N3O2S. The number of thiazole rings is 1. The van der Waals surface area contributed by atoms with Crippen molar-refractivity contribution in [3.05, 3.63) is 16.1 Å². The van der Waals surface area contributed by atoms with E-state index in [9.17, 15) is 9.90 Å². The molecule has 3 N–H and O–H groups in total. The van der Waals surface area contributed by atoms with E-state index in [0.717, 1.165) is 17.1 Å². The molecule has 1 fully saturated rings. The van der Waals surface area contributed by atoms with Crippen LogP contribution in [-0.4, -0.2) is 41.2 Å². The van der Waals surface area contributed by atoms with Crippen molar-refractivity contribution in [3.63, 3.8) is 0 Å². The van der Waals surface area contributed by atoms with Gasteiger partial charge in [0.2, 0.25) is 5.91 Å². The van der Waals surface area contributed by atoms with Gasteiger partial charge in [0.15, 0.2) is 0 Å². The van der Waals surface area contributed by atoms with Gasteiger partial charge in [-0.1, -0.05) is 0 Å². The second-order valence-corrected chi connectivity index (χ2v) is 5.31. The van der Waals surface area contributed by atoms with Crippen LogP contribution in [0.3, 0.4) is 0 Å². The fourth-order valence-electron chi connectivity index (χ4n) is 1.88. The van der Waals surface area contributed by atoms with Gasteiger partial charge < -0.3 is 15.7 Å². The first-order chi connectivity index (χ1) is 8.15. The second-order valence-electron chi connectivity index (χ2n) is 4.25. The lowest BCUT2D eigenvalue weighted by Gasteiger charge is -2.10. The van der Waals surface area contributed by atoms with Crippen molar-refractivity contribution in [1.29, 1.82) is 0 Å². The van der Waals surface area contributed by atoms with E-state index in [0.29, 0.717) is 19.5 Å². The number of rotatable bonds is 4. The van der Waals surface area contributed by atoms with Crippen LogP contribution in [0.4, 0.5) is 0 Å². The molecule has 1 aromatic heterocycles. The molecule has 2 heterocycles. The second kappa shape index (κ2) is 8.71. The number of hydrogen-bond acceptors (Lipinski definition) is 5. The molecule has 0 aliphatic carbocycles. The Bertz CT molecular complexity index is 403. The van der Waals surface area contributed by atoms with E-state index in [2.05, 4.69) is 15.6 Å².